The summed E-state index contributed by atoms with van der Waals surface area (Å²) in [5, 5.41) is 10.4. The van der Waals surface area contributed by atoms with Crippen LogP contribution < -0.4 is 30.2 Å². The first-order chi connectivity index (χ1) is 24.3. The van der Waals surface area contributed by atoms with Crippen LogP contribution in [0.25, 0.3) is 17.3 Å². The fourth-order valence-corrected chi connectivity index (χ4v) is 6.44. The van der Waals surface area contributed by atoms with Crippen molar-refractivity contribution in [2.24, 2.45) is 0 Å². The monoisotopic (exact) mass is 708 g/mol. The number of para-hydroxylation sites is 1. The number of anilines is 2. The SMILES string of the molecule is CCOc1ccc(-c2csc(NC(=O)C(C)Sc3cccc(NC(=O)/C(=C\c4cccc(OC)c4OC)NC(=O)c4ccccc4)c3)n2)cc1. The second kappa shape index (κ2) is 17.2. The standard InChI is InChI=1S/C38H36N4O6S2/c1-5-48-29-19-17-25(18-20-29)32-23-49-38(41-32)42-35(43)24(2)50-30-15-10-14-28(22-30)39-37(45)31(40-36(44)26-11-7-6-8-12-26)21-27-13-9-16-33(46-3)34(27)47-4/h6-24H,5H2,1-4H3,(H,39,45)(H,40,44)(H,41,42,43)/b31-21+. The number of methoxy groups -OCH3 is 2. The molecule has 5 rings (SSSR count). The minimum Gasteiger partial charge on any atom is -0.494 e. The number of thioether (sulfide) groups is 1. The molecule has 50 heavy (non-hydrogen) atoms. The fourth-order valence-electron chi connectivity index (χ4n) is 4.79. The molecule has 1 aromatic heterocycles. The van der Waals surface area contributed by atoms with E-state index in [0.29, 0.717) is 40.1 Å². The van der Waals surface area contributed by atoms with Crippen LogP contribution in [0.5, 0.6) is 17.2 Å². The van der Waals surface area contributed by atoms with Crippen LogP contribution in [0.2, 0.25) is 0 Å². The average Bonchev–Trinajstić information content (AvgIpc) is 3.60. The minimum atomic E-state index is -0.556. The number of aromatic nitrogens is 1. The number of carbonyl (C=O) groups excluding carboxylic acids is 3. The van der Waals surface area contributed by atoms with Gasteiger partial charge in [0, 0.05) is 32.7 Å². The summed E-state index contributed by atoms with van der Waals surface area (Å²) < 4.78 is 16.5. The number of ether oxygens (including phenoxy) is 3. The van der Waals surface area contributed by atoms with Crippen LogP contribution in [0.4, 0.5) is 10.8 Å². The molecule has 0 saturated carbocycles. The molecule has 0 saturated heterocycles. The quantitative estimate of drug-likeness (QED) is 0.0790. The highest BCUT2D eigenvalue weighted by Gasteiger charge is 2.19. The van der Waals surface area contributed by atoms with Crippen molar-refractivity contribution in [3.05, 3.63) is 119 Å². The molecule has 256 valence electrons. The van der Waals surface area contributed by atoms with Gasteiger partial charge < -0.3 is 30.2 Å². The molecule has 1 heterocycles. The summed E-state index contributed by atoms with van der Waals surface area (Å²) in [5.41, 5.74) is 3.07. The van der Waals surface area contributed by atoms with Gasteiger partial charge in [0.15, 0.2) is 16.6 Å². The molecular weight excluding hydrogens is 673 g/mol. The third-order valence-corrected chi connectivity index (χ3v) is 9.08. The van der Waals surface area contributed by atoms with Gasteiger partial charge in [-0.3, -0.25) is 14.4 Å². The normalized spacial score (nSPS) is 11.6. The maximum Gasteiger partial charge on any atom is 0.272 e. The van der Waals surface area contributed by atoms with E-state index in [2.05, 4.69) is 20.9 Å². The van der Waals surface area contributed by atoms with Crippen LogP contribution in [-0.2, 0) is 9.59 Å². The van der Waals surface area contributed by atoms with Crippen molar-refractivity contribution in [3.8, 4) is 28.5 Å². The predicted molar refractivity (Wildman–Crippen MR) is 199 cm³/mol. The zero-order valence-electron chi connectivity index (χ0n) is 27.9. The molecule has 0 aliphatic heterocycles. The summed E-state index contributed by atoms with van der Waals surface area (Å²) in [6, 6.07) is 28.6. The summed E-state index contributed by atoms with van der Waals surface area (Å²) in [4.78, 5) is 45.2. The molecule has 0 aliphatic carbocycles. The zero-order valence-corrected chi connectivity index (χ0v) is 29.5. The molecule has 0 fully saturated rings. The van der Waals surface area contributed by atoms with Crippen molar-refractivity contribution in [3.63, 3.8) is 0 Å². The predicted octanol–water partition coefficient (Wildman–Crippen LogP) is 7.75. The maximum atomic E-state index is 13.7. The Morgan fingerprint density at radius 3 is 2.38 bits per heavy atom. The number of nitrogens with zero attached hydrogens (tertiary/aromatic N) is 1. The Bertz CT molecular complexity index is 1980. The van der Waals surface area contributed by atoms with E-state index in [1.165, 1.54) is 43.4 Å². The number of nitrogens with one attached hydrogen (secondary N) is 3. The maximum absolute atomic E-state index is 13.7. The van der Waals surface area contributed by atoms with Crippen molar-refractivity contribution >= 4 is 57.7 Å². The van der Waals surface area contributed by atoms with Gasteiger partial charge in [0.05, 0.1) is 31.8 Å². The summed E-state index contributed by atoms with van der Waals surface area (Å²) in [6.45, 7) is 4.33. The average molecular weight is 709 g/mol. The van der Waals surface area contributed by atoms with E-state index in [-0.39, 0.29) is 11.6 Å². The Hall–Kier alpha value is -5.59. The van der Waals surface area contributed by atoms with Crippen molar-refractivity contribution in [2.45, 2.75) is 24.0 Å². The molecule has 12 heteroatoms. The highest BCUT2D eigenvalue weighted by molar-refractivity contribution is 8.00. The van der Waals surface area contributed by atoms with E-state index in [1.807, 2.05) is 42.6 Å². The van der Waals surface area contributed by atoms with E-state index in [0.717, 1.165) is 21.9 Å². The molecule has 3 N–H and O–H groups in total. The lowest BCUT2D eigenvalue weighted by molar-refractivity contribution is -0.115. The van der Waals surface area contributed by atoms with Crippen LogP contribution in [0.15, 0.2) is 113 Å². The molecule has 0 radical (unpaired) electrons. The molecule has 1 atom stereocenters. The Morgan fingerprint density at radius 2 is 1.66 bits per heavy atom. The Balaban J connectivity index is 1.27. The molecule has 10 nitrogen and oxygen atoms in total. The van der Waals surface area contributed by atoms with Crippen LogP contribution in [0.1, 0.15) is 29.8 Å². The van der Waals surface area contributed by atoms with Gasteiger partial charge in [-0.05, 0) is 80.6 Å². The zero-order chi connectivity index (χ0) is 35.5. The lowest BCUT2D eigenvalue weighted by Gasteiger charge is -2.15. The van der Waals surface area contributed by atoms with Gasteiger partial charge in [-0.2, -0.15) is 0 Å². The first-order valence-electron chi connectivity index (χ1n) is 15.6. The summed E-state index contributed by atoms with van der Waals surface area (Å²) in [7, 11) is 3.02. The minimum absolute atomic E-state index is 0.00994. The fraction of sp³-hybridized carbons (Fsp3) is 0.158. The number of thiazole rings is 1. The Morgan fingerprint density at radius 1 is 0.900 bits per heavy atom. The molecule has 3 amide bonds. The lowest BCUT2D eigenvalue weighted by Crippen LogP contribution is -2.30. The van der Waals surface area contributed by atoms with Crippen molar-refractivity contribution in [1.82, 2.24) is 10.3 Å². The summed E-state index contributed by atoms with van der Waals surface area (Å²) >= 11 is 2.68. The Labute approximate surface area is 298 Å². The van der Waals surface area contributed by atoms with Gasteiger partial charge in [0.2, 0.25) is 5.91 Å². The van der Waals surface area contributed by atoms with E-state index >= 15 is 0 Å². The largest absolute Gasteiger partial charge is 0.494 e. The second-order valence-electron chi connectivity index (χ2n) is 10.7. The van der Waals surface area contributed by atoms with E-state index in [1.54, 1.807) is 73.7 Å². The molecule has 1 unspecified atom stereocenters. The molecule has 0 spiro atoms. The van der Waals surface area contributed by atoms with Crippen molar-refractivity contribution in [1.29, 1.82) is 0 Å². The van der Waals surface area contributed by atoms with Crippen LogP contribution in [0.3, 0.4) is 0 Å². The van der Waals surface area contributed by atoms with Crippen molar-refractivity contribution in [2.75, 3.05) is 31.5 Å². The van der Waals surface area contributed by atoms with Gasteiger partial charge in [-0.1, -0.05) is 36.4 Å². The van der Waals surface area contributed by atoms with Crippen LogP contribution in [-0.4, -0.2) is 48.8 Å². The number of hydrogen-bond donors (Lipinski definition) is 3. The molecule has 5 aromatic rings. The summed E-state index contributed by atoms with van der Waals surface area (Å²) in [6.07, 6.45) is 1.53. The third kappa shape index (κ3) is 9.30. The smallest absolute Gasteiger partial charge is 0.272 e. The van der Waals surface area contributed by atoms with E-state index in [9.17, 15) is 14.4 Å². The first kappa shape index (κ1) is 35.7. The summed E-state index contributed by atoms with van der Waals surface area (Å²) in [5.74, 6) is 0.448. The van der Waals surface area contributed by atoms with Crippen LogP contribution >= 0.6 is 23.1 Å². The number of rotatable bonds is 14. The molecule has 0 aliphatic rings. The second-order valence-corrected chi connectivity index (χ2v) is 13.0. The number of amides is 3. The Kier molecular flexibility index (Phi) is 12.3. The van der Waals surface area contributed by atoms with E-state index in [4.69, 9.17) is 14.2 Å². The van der Waals surface area contributed by atoms with Crippen LogP contribution in [0, 0.1) is 0 Å². The van der Waals surface area contributed by atoms with Gasteiger partial charge in [0.1, 0.15) is 11.4 Å². The van der Waals surface area contributed by atoms with E-state index < -0.39 is 17.1 Å². The number of benzene rings is 4. The number of carbonyl (C=O) groups is 3. The van der Waals surface area contributed by atoms with Gasteiger partial charge in [0.25, 0.3) is 11.8 Å². The molecule has 4 aromatic carbocycles. The highest BCUT2D eigenvalue weighted by Crippen LogP contribution is 2.33. The number of hydrogen-bond acceptors (Lipinski definition) is 9. The third-order valence-electron chi connectivity index (χ3n) is 7.23. The topological polar surface area (TPSA) is 128 Å². The van der Waals surface area contributed by atoms with Crippen molar-refractivity contribution < 1.29 is 28.6 Å². The lowest BCUT2D eigenvalue weighted by atomic mass is 10.1. The van der Waals surface area contributed by atoms with Gasteiger partial charge in [-0.15, -0.1) is 23.1 Å². The van der Waals surface area contributed by atoms with Gasteiger partial charge >= 0.3 is 0 Å². The first-order valence-corrected chi connectivity index (χ1v) is 17.4. The highest BCUT2D eigenvalue weighted by atomic mass is 32.2. The van der Waals surface area contributed by atoms with Gasteiger partial charge in [-0.25, -0.2) is 4.98 Å². The molecular formula is C38H36N4O6S2. The molecule has 0 bridgehead atoms.